The molecule has 0 fully saturated rings. The standard InChI is InChI=1S/C9H14N2O3S/c1-6-4-10-9(11-5-6)8(14-3)7(2)15(12)13/h4-5,7-8,15H,1-3H3/t7-,8-/m1/s1. The minimum absolute atomic E-state index is 0.398. The van der Waals surface area contributed by atoms with Crippen molar-refractivity contribution in [2.75, 3.05) is 7.11 Å². The smallest absolute Gasteiger partial charge is 0.158 e. The van der Waals surface area contributed by atoms with Gasteiger partial charge < -0.3 is 4.74 Å². The van der Waals surface area contributed by atoms with E-state index in [1.165, 1.54) is 7.11 Å². The number of aryl methyl sites for hydroxylation is 1. The van der Waals surface area contributed by atoms with Crippen LogP contribution in [0.15, 0.2) is 12.4 Å². The predicted octanol–water partition coefficient (Wildman–Crippen LogP) is 0.472. The lowest BCUT2D eigenvalue weighted by Gasteiger charge is -2.16. The molecule has 1 aromatic rings. The molecule has 0 saturated carbocycles. The summed E-state index contributed by atoms with van der Waals surface area (Å²) in [7, 11) is -1.10. The molecule has 1 aromatic heterocycles. The van der Waals surface area contributed by atoms with Gasteiger partial charge in [0.25, 0.3) is 0 Å². The van der Waals surface area contributed by atoms with E-state index in [4.69, 9.17) is 4.74 Å². The fourth-order valence-electron chi connectivity index (χ4n) is 1.18. The molecular formula is C9H14N2O3S. The third-order valence-corrected chi connectivity index (χ3v) is 3.02. The normalized spacial score (nSPS) is 15.2. The highest BCUT2D eigenvalue weighted by atomic mass is 32.2. The molecule has 0 saturated heterocycles. The van der Waals surface area contributed by atoms with Crippen molar-refractivity contribution in [1.29, 1.82) is 0 Å². The molecule has 0 amide bonds. The van der Waals surface area contributed by atoms with E-state index in [9.17, 15) is 8.42 Å². The quantitative estimate of drug-likeness (QED) is 0.762. The van der Waals surface area contributed by atoms with Gasteiger partial charge in [0, 0.05) is 19.5 Å². The van der Waals surface area contributed by atoms with E-state index in [-0.39, 0.29) is 0 Å². The lowest BCUT2D eigenvalue weighted by Crippen LogP contribution is -2.21. The zero-order chi connectivity index (χ0) is 11.4. The number of thiol groups is 1. The summed E-state index contributed by atoms with van der Waals surface area (Å²) in [4.78, 5) is 8.10. The van der Waals surface area contributed by atoms with Crippen LogP contribution in [-0.2, 0) is 15.4 Å². The summed E-state index contributed by atoms with van der Waals surface area (Å²) in [6.45, 7) is 3.44. The van der Waals surface area contributed by atoms with Gasteiger partial charge in [-0.1, -0.05) is 0 Å². The Bertz CT molecular complexity index is 381. The van der Waals surface area contributed by atoms with Crippen LogP contribution in [0.4, 0.5) is 0 Å². The molecule has 1 rings (SSSR count). The molecule has 0 aliphatic rings. The van der Waals surface area contributed by atoms with Gasteiger partial charge in [-0.05, 0) is 19.4 Å². The van der Waals surface area contributed by atoms with Crippen molar-refractivity contribution in [3.05, 3.63) is 23.8 Å². The second-order valence-electron chi connectivity index (χ2n) is 3.30. The SMILES string of the molecule is CO[C@@H](c1ncc(C)cn1)[C@@H](C)[SH](=O)=O. The second kappa shape index (κ2) is 5.18. The Hall–Kier alpha value is -1.01. The Labute approximate surface area is 90.5 Å². The highest BCUT2D eigenvalue weighted by Gasteiger charge is 2.23. The molecule has 0 unspecified atom stereocenters. The Morgan fingerprint density at radius 1 is 1.33 bits per heavy atom. The van der Waals surface area contributed by atoms with Gasteiger partial charge in [-0.15, -0.1) is 0 Å². The van der Waals surface area contributed by atoms with Gasteiger partial charge in [-0.3, -0.25) is 0 Å². The third kappa shape index (κ3) is 2.97. The van der Waals surface area contributed by atoms with E-state index in [0.29, 0.717) is 5.82 Å². The number of hydrogen-bond donors (Lipinski definition) is 1. The third-order valence-electron chi connectivity index (χ3n) is 2.08. The molecule has 0 aliphatic carbocycles. The molecule has 0 aromatic carbocycles. The van der Waals surface area contributed by atoms with Crippen LogP contribution < -0.4 is 0 Å². The van der Waals surface area contributed by atoms with Crippen LogP contribution in [0.25, 0.3) is 0 Å². The van der Waals surface area contributed by atoms with Crippen molar-refractivity contribution in [3.63, 3.8) is 0 Å². The van der Waals surface area contributed by atoms with E-state index < -0.39 is 22.1 Å². The Morgan fingerprint density at radius 3 is 2.27 bits per heavy atom. The number of hydrogen-bond acceptors (Lipinski definition) is 5. The van der Waals surface area contributed by atoms with E-state index in [2.05, 4.69) is 9.97 Å². The number of methoxy groups -OCH3 is 1. The lowest BCUT2D eigenvalue weighted by atomic mass is 10.2. The first-order valence-electron chi connectivity index (χ1n) is 4.51. The van der Waals surface area contributed by atoms with Gasteiger partial charge in [-0.25, -0.2) is 18.4 Å². The van der Waals surface area contributed by atoms with Crippen LogP contribution in [0.1, 0.15) is 24.4 Å². The lowest BCUT2D eigenvalue weighted by molar-refractivity contribution is 0.0956. The molecule has 0 bridgehead atoms. The summed E-state index contributed by atoms with van der Waals surface area (Å²) in [6.07, 6.45) is 2.67. The van der Waals surface area contributed by atoms with Crippen LogP contribution in [0.3, 0.4) is 0 Å². The molecule has 0 radical (unpaired) electrons. The molecule has 2 atom stereocenters. The maximum absolute atomic E-state index is 10.8. The Morgan fingerprint density at radius 2 is 1.87 bits per heavy atom. The monoisotopic (exact) mass is 230 g/mol. The molecule has 5 nitrogen and oxygen atoms in total. The molecule has 0 N–H and O–H groups in total. The van der Waals surface area contributed by atoms with Gasteiger partial charge in [0.1, 0.15) is 16.8 Å². The summed E-state index contributed by atoms with van der Waals surface area (Å²) < 4.78 is 26.8. The van der Waals surface area contributed by atoms with Gasteiger partial charge >= 0.3 is 0 Å². The predicted molar refractivity (Wildman–Crippen MR) is 56.3 cm³/mol. The summed E-state index contributed by atoms with van der Waals surface area (Å²) in [6, 6.07) is 0. The zero-order valence-electron chi connectivity index (χ0n) is 8.88. The maximum atomic E-state index is 10.8. The minimum atomic E-state index is -2.54. The van der Waals surface area contributed by atoms with Crippen molar-refractivity contribution in [3.8, 4) is 0 Å². The van der Waals surface area contributed by atoms with E-state index in [1.807, 2.05) is 6.92 Å². The molecule has 84 valence electrons. The number of aromatic nitrogens is 2. The largest absolute Gasteiger partial charge is 0.372 e. The van der Waals surface area contributed by atoms with Crippen LogP contribution in [0, 0.1) is 6.92 Å². The van der Waals surface area contributed by atoms with E-state index >= 15 is 0 Å². The highest BCUT2D eigenvalue weighted by Crippen LogP contribution is 2.18. The summed E-state index contributed by atoms with van der Waals surface area (Å²) >= 11 is 0. The maximum Gasteiger partial charge on any atom is 0.158 e. The van der Waals surface area contributed by atoms with Gasteiger partial charge in [0.05, 0.1) is 5.25 Å². The average molecular weight is 230 g/mol. The minimum Gasteiger partial charge on any atom is -0.372 e. The molecule has 15 heavy (non-hydrogen) atoms. The highest BCUT2D eigenvalue weighted by molar-refractivity contribution is 7.73. The first kappa shape index (κ1) is 12.1. The van der Waals surface area contributed by atoms with Gasteiger partial charge in [-0.2, -0.15) is 0 Å². The topological polar surface area (TPSA) is 69.2 Å². The second-order valence-corrected chi connectivity index (χ2v) is 4.69. The fourth-order valence-corrected chi connectivity index (χ4v) is 1.65. The molecule has 6 heteroatoms. The summed E-state index contributed by atoms with van der Waals surface area (Å²) in [5, 5.41) is -0.632. The molecular weight excluding hydrogens is 216 g/mol. The molecule has 0 aliphatic heterocycles. The number of rotatable bonds is 4. The van der Waals surface area contributed by atoms with Gasteiger partial charge in [0.15, 0.2) is 5.82 Å². The zero-order valence-corrected chi connectivity index (χ0v) is 9.77. The Kier molecular flexibility index (Phi) is 4.16. The van der Waals surface area contributed by atoms with E-state index in [1.54, 1.807) is 19.3 Å². The van der Waals surface area contributed by atoms with E-state index in [0.717, 1.165) is 5.56 Å². The first-order chi connectivity index (χ1) is 7.06. The average Bonchev–Trinajstić information content (AvgIpc) is 2.21. The van der Waals surface area contributed by atoms with Crippen LogP contribution in [0.2, 0.25) is 0 Å². The van der Waals surface area contributed by atoms with Crippen LogP contribution in [-0.4, -0.2) is 30.7 Å². The van der Waals surface area contributed by atoms with Crippen LogP contribution >= 0.6 is 0 Å². The molecule has 1 heterocycles. The fraction of sp³-hybridized carbons (Fsp3) is 0.556. The summed E-state index contributed by atoms with van der Waals surface area (Å²) in [5.74, 6) is 0.398. The van der Waals surface area contributed by atoms with Crippen molar-refractivity contribution >= 4 is 10.7 Å². The Balaban J connectivity index is 2.97. The van der Waals surface area contributed by atoms with Gasteiger partial charge in [0.2, 0.25) is 0 Å². The number of ether oxygens (including phenoxy) is 1. The summed E-state index contributed by atoms with van der Waals surface area (Å²) in [5.41, 5.74) is 0.924. The van der Waals surface area contributed by atoms with Crippen molar-refractivity contribution < 1.29 is 13.2 Å². The van der Waals surface area contributed by atoms with Crippen molar-refractivity contribution in [2.45, 2.75) is 25.2 Å². The number of nitrogens with zero attached hydrogens (tertiary/aromatic N) is 2. The van der Waals surface area contributed by atoms with Crippen molar-refractivity contribution in [2.24, 2.45) is 0 Å². The van der Waals surface area contributed by atoms with Crippen molar-refractivity contribution in [1.82, 2.24) is 9.97 Å². The van der Waals surface area contributed by atoms with Crippen LogP contribution in [0.5, 0.6) is 0 Å². The first-order valence-corrected chi connectivity index (χ1v) is 5.75. The molecule has 0 spiro atoms.